The molecule has 0 bridgehead atoms. The maximum Gasteiger partial charge on any atom is 0.159 e. The van der Waals surface area contributed by atoms with Gasteiger partial charge in [-0.1, -0.05) is 17.9 Å². The fourth-order valence-corrected chi connectivity index (χ4v) is 3.31. The van der Waals surface area contributed by atoms with Crippen molar-refractivity contribution in [3.8, 4) is 23.2 Å². The highest BCUT2D eigenvalue weighted by molar-refractivity contribution is 5.55. The number of aromatic nitrogens is 2. The minimum absolute atomic E-state index is 0.358. The Morgan fingerprint density at radius 1 is 1.08 bits per heavy atom. The first-order chi connectivity index (χ1) is 12.7. The van der Waals surface area contributed by atoms with Crippen LogP contribution in [0.15, 0.2) is 43.2 Å². The van der Waals surface area contributed by atoms with Gasteiger partial charge in [0.2, 0.25) is 0 Å². The van der Waals surface area contributed by atoms with Crippen LogP contribution in [0.25, 0.3) is 11.4 Å². The highest BCUT2D eigenvalue weighted by Gasteiger charge is 2.19. The predicted molar refractivity (Wildman–Crippen MR) is 99.1 cm³/mol. The van der Waals surface area contributed by atoms with Crippen molar-refractivity contribution < 1.29 is 8.78 Å². The third-order valence-electron chi connectivity index (χ3n) is 4.88. The van der Waals surface area contributed by atoms with E-state index in [-0.39, 0.29) is 0 Å². The summed E-state index contributed by atoms with van der Waals surface area (Å²) in [6.45, 7) is 3.79. The maximum absolute atomic E-state index is 13.3. The summed E-state index contributed by atoms with van der Waals surface area (Å²) in [4.78, 5) is 8.43. The van der Waals surface area contributed by atoms with Gasteiger partial charge in [0.1, 0.15) is 0 Å². The lowest BCUT2D eigenvalue weighted by molar-refractivity contribution is 0.303. The van der Waals surface area contributed by atoms with Gasteiger partial charge in [-0.25, -0.2) is 18.7 Å². The van der Waals surface area contributed by atoms with Crippen molar-refractivity contribution in [2.75, 3.05) is 0 Å². The first kappa shape index (κ1) is 18.3. The summed E-state index contributed by atoms with van der Waals surface area (Å²) < 4.78 is 26.3. The largest absolute Gasteiger partial charge is 0.235 e. The molecule has 1 aromatic heterocycles. The number of halogens is 2. The monoisotopic (exact) mass is 352 g/mol. The highest BCUT2D eigenvalue weighted by atomic mass is 19.2. The normalized spacial score (nSPS) is 19.5. The zero-order valence-corrected chi connectivity index (χ0v) is 14.7. The molecule has 1 fully saturated rings. The van der Waals surface area contributed by atoms with Crippen LogP contribution < -0.4 is 0 Å². The average Bonchev–Trinajstić information content (AvgIpc) is 2.68. The molecule has 0 N–H and O–H groups in total. The summed E-state index contributed by atoms with van der Waals surface area (Å²) >= 11 is 0. The predicted octanol–water partition coefficient (Wildman–Crippen LogP) is 5.55. The number of hydrogen-bond donors (Lipinski definition) is 0. The molecule has 4 heteroatoms. The van der Waals surface area contributed by atoms with E-state index in [1.54, 1.807) is 12.4 Å². The molecular formula is C22H22F2N2. The Bertz CT molecular complexity index is 810. The van der Waals surface area contributed by atoms with Gasteiger partial charge in [-0.15, -0.1) is 6.58 Å². The number of rotatable bonds is 4. The highest BCUT2D eigenvalue weighted by Crippen LogP contribution is 2.31. The lowest BCUT2D eigenvalue weighted by atomic mass is 9.80. The molecule has 0 amide bonds. The Morgan fingerprint density at radius 2 is 1.81 bits per heavy atom. The van der Waals surface area contributed by atoms with Crippen LogP contribution in [0.4, 0.5) is 8.78 Å². The molecular weight excluding hydrogens is 330 g/mol. The fraction of sp³-hybridized carbons (Fsp3) is 0.364. The van der Waals surface area contributed by atoms with Gasteiger partial charge >= 0.3 is 0 Å². The summed E-state index contributed by atoms with van der Waals surface area (Å²) in [6.07, 6.45) is 12.4. The Balaban J connectivity index is 1.59. The summed E-state index contributed by atoms with van der Waals surface area (Å²) in [5, 5.41) is 0. The van der Waals surface area contributed by atoms with Crippen molar-refractivity contribution in [1.82, 2.24) is 9.97 Å². The van der Waals surface area contributed by atoms with E-state index in [0.717, 1.165) is 42.9 Å². The Kier molecular flexibility index (Phi) is 6.12. The first-order valence-electron chi connectivity index (χ1n) is 9.05. The molecule has 0 saturated heterocycles. The maximum atomic E-state index is 13.3. The molecule has 1 aliphatic carbocycles. The van der Waals surface area contributed by atoms with Crippen molar-refractivity contribution >= 4 is 0 Å². The van der Waals surface area contributed by atoms with Crippen molar-refractivity contribution in [3.63, 3.8) is 0 Å². The summed E-state index contributed by atoms with van der Waals surface area (Å²) in [5.41, 5.74) is 1.19. The molecule has 1 heterocycles. The Hall–Kier alpha value is -2.54. The molecule has 2 nitrogen and oxygen atoms in total. The number of nitrogens with zero attached hydrogens (tertiary/aromatic N) is 2. The van der Waals surface area contributed by atoms with Gasteiger partial charge in [-0.3, -0.25) is 0 Å². The number of benzene rings is 1. The standard InChI is InChI=1S/C22H22F2N2/c1-2-3-4-16-5-7-17(8-6-16)9-10-18-14-25-22(26-15-18)19-11-12-20(23)21(24)13-19/h2,11-17H,1,3-8H2. The van der Waals surface area contributed by atoms with Gasteiger partial charge in [-0.2, -0.15) is 0 Å². The van der Waals surface area contributed by atoms with Crippen molar-refractivity contribution in [2.24, 2.45) is 11.8 Å². The number of hydrogen-bond acceptors (Lipinski definition) is 2. The molecule has 134 valence electrons. The van der Waals surface area contributed by atoms with Crippen LogP contribution in [0, 0.1) is 35.3 Å². The molecule has 26 heavy (non-hydrogen) atoms. The van der Waals surface area contributed by atoms with Crippen LogP contribution in [-0.4, -0.2) is 9.97 Å². The van der Waals surface area contributed by atoms with E-state index in [1.165, 1.54) is 25.3 Å². The van der Waals surface area contributed by atoms with Gasteiger partial charge in [0.15, 0.2) is 17.5 Å². The zero-order valence-electron chi connectivity index (χ0n) is 14.7. The van der Waals surface area contributed by atoms with Crippen LogP contribution in [0.3, 0.4) is 0 Å². The van der Waals surface area contributed by atoms with Crippen LogP contribution >= 0.6 is 0 Å². The average molecular weight is 352 g/mol. The second-order valence-electron chi connectivity index (χ2n) is 6.78. The van der Waals surface area contributed by atoms with Gasteiger partial charge in [0, 0.05) is 23.9 Å². The zero-order chi connectivity index (χ0) is 18.4. The second kappa shape index (κ2) is 8.71. The van der Waals surface area contributed by atoms with Crippen molar-refractivity contribution in [2.45, 2.75) is 38.5 Å². The van der Waals surface area contributed by atoms with Gasteiger partial charge in [-0.05, 0) is 62.6 Å². The Morgan fingerprint density at radius 3 is 2.46 bits per heavy atom. The minimum atomic E-state index is -0.904. The summed E-state index contributed by atoms with van der Waals surface area (Å²) in [5.74, 6) is 6.29. The third kappa shape index (κ3) is 4.76. The van der Waals surface area contributed by atoms with Crippen molar-refractivity contribution in [3.05, 3.63) is 60.4 Å². The van der Waals surface area contributed by atoms with Gasteiger partial charge in [0.25, 0.3) is 0 Å². The molecule has 0 radical (unpaired) electrons. The topological polar surface area (TPSA) is 25.8 Å². The van der Waals surface area contributed by atoms with E-state index < -0.39 is 11.6 Å². The third-order valence-corrected chi connectivity index (χ3v) is 4.88. The van der Waals surface area contributed by atoms with Gasteiger partial charge < -0.3 is 0 Å². The first-order valence-corrected chi connectivity index (χ1v) is 9.05. The molecule has 1 aliphatic rings. The van der Waals surface area contributed by atoms with Crippen LogP contribution in [0.2, 0.25) is 0 Å². The van der Waals surface area contributed by atoms with Crippen LogP contribution in [0.1, 0.15) is 44.1 Å². The molecule has 2 aromatic rings. The lowest BCUT2D eigenvalue weighted by Gasteiger charge is -2.25. The number of allylic oxidation sites excluding steroid dienone is 1. The fourth-order valence-electron chi connectivity index (χ4n) is 3.31. The van der Waals surface area contributed by atoms with E-state index in [0.29, 0.717) is 17.3 Å². The van der Waals surface area contributed by atoms with E-state index in [2.05, 4.69) is 28.4 Å². The molecule has 1 aromatic carbocycles. The SMILES string of the molecule is C=CCCC1CCC(C#Cc2cnc(-c3ccc(F)c(F)c3)nc2)CC1. The molecule has 0 aliphatic heterocycles. The summed E-state index contributed by atoms with van der Waals surface area (Å²) in [7, 11) is 0. The second-order valence-corrected chi connectivity index (χ2v) is 6.78. The van der Waals surface area contributed by atoms with E-state index in [4.69, 9.17) is 0 Å². The summed E-state index contributed by atoms with van der Waals surface area (Å²) in [6, 6.07) is 3.64. The quantitative estimate of drug-likeness (QED) is 0.533. The minimum Gasteiger partial charge on any atom is -0.235 e. The smallest absolute Gasteiger partial charge is 0.159 e. The molecule has 0 unspecified atom stereocenters. The Labute approximate surface area is 153 Å². The van der Waals surface area contributed by atoms with Crippen LogP contribution in [-0.2, 0) is 0 Å². The van der Waals surface area contributed by atoms with Crippen LogP contribution in [0.5, 0.6) is 0 Å². The molecule has 0 spiro atoms. The molecule has 1 saturated carbocycles. The van der Waals surface area contributed by atoms with Gasteiger partial charge in [0.05, 0.1) is 5.56 Å². The lowest BCUT2D eigenvalue weighted by Crippen LogP contribution is -2.13. The van der Waals surface area contributed by atoms with E-state index in [9.17, 15) is 8.78 Å². The van der Waals surface area contributed by atoms with E-state index >= 15 is 0 Å². The van der Waals surface area contributed by atoms with E-state index in [1.807, 2.05) is 6.08 Å². The van der Waals surface area contributed by atoms with Crippen molar-refractivity contribution in [1.29, 1.82) is 0 Å². The molecule has 3 rings (SSSR count). The molecule has 0 atom stereocenters.